The lowest BCUT2D eigenvalue weighted by atomic mass is 9.90. The van der Waals surface area contributed by atoms with Crippen molar-refractivity contribution in [2.24, 2.45) is 0 Å². The molecule has 1 aromatic carbocycles. The summed E-state index contributed by atoms with van der Waals surface area (Å²) in [7, 11) is -5.93. The molecule has 0 amide bonds. The lowest BCUT2D eigenvalue weighted by Crippen LogP contribution is -2.49. The summed E-state index contributed by atoms with van der Waals surface area (Å²) in [5, 5.41) is -5.05. The molecular formula is C15H13F2IO8S. The number of esters is 2. The van der Waals surface area contributed by atoms with E-state index in [1.165, 1.54) is 0 Å². The molecule has 0 unspecified atom stereocenters. The molecule has 1 heterocycles. The summed E-state index contributed by atoms with van der Waals surface area (Å²) >= 11 is 2.00. The molecule has 1 saturated carbocycles. The number of halogens is 3. The van der Waals surface area contributed by atoms with Gasteiger partial charge in [0, 0.05) is 12.8 Å². The van der Waals surface area contributed by atoms with Crippen molar-refractivity contribution in [3.05, 3.63) is 27.3 Å². The fraction of sp³-hybridized carbons (Fsp3) is 0.467. The smallest absolute Gasteiger partial charge is 0.457 e. The first-order valence-electron chi connectivity index (χ1n) is 7.72. The predicted octanol–water partition coefficient (Wildman–Crippen LogP) is 2.50. The molecule has 1 N–H and O–H groups in total. The van der Waals surface area contributed by atoms with Crippen molar-refractivity contribution in [3.8, 4) is 5.75 Å². The third-order valence-corrected chi connectivity index (χ3v) is 5.95. The van der Waals surface area contributed by atoms with Gasteiger partial charge in [0.05, 0.1) is 3.57 Å². The average Bonchev–Trinajstić information content (AvgIpc) is 2.57. The van der Waals surface area contributed by atoms with Crippen LogP contribution in [0.5, 0.6) is 5.75 Å². The van der Waals surface area contributed by atoms with Gasteiger partial charge in [0.1, 0.15) is 11.7 Å². The number of alkyl halides is 2. The number of rotatable bonds is 3. The summed E-state index contributed by atoms with van der Waals surface area (Å²) in [5.41, 5.74) is 0.272. The van der Waals surface area contributed by atoms with Gasteiger partial charge in [-0.2, -0.15) is 17.2 Å². The van der Waals surface area contributed by atoms with Gasteiger partial charge in [-0.1, -0.05) is 6.07 Å². The van der Waals surface area contributed by atoms with E-state index >= 15 is 0 Å². The summed E-state index contributed by atoms with van der Waals surface area (Å²) in [6, 6.07) is 4.98. The van der Waals surface area contributed by atoms with Crippen molar-refractivity contribution < 1.29 is 45.6 Å². The van der Waals surface area contributed by atoms with Crippen molar-refractivity contribution in [1.82, 2.24) is 0 Å². The number of benzene rings is 1. The van der Waals surface area contributed by atoms with Crippen LogP contribution in [0.4, 0.5) is 8.78 Å². The monoisotopic (exact) mass is 518 g/mol. The predicted molar refractivity (Wildman–Crippen MR) is 92.8 cm³/mol. The minimum Gasteiger partial charge on any atom is -0.457 e. The SMILES string of the molecule is O=C1OC2(CCC(OC(=O)C(F)(F)S(=O)(=O)O)CC2)Oc2c(I)cccc21. The van der Waals surface area contributed by atoms with Gasteiger partial charge in [0.2, 0.25) is 0 Å². The first kappa shape index (κ1) is 20.2. The van der Waals surface area contributed by atoms with Crippen molar-refractivity contribution in [2.75, 3.05) is 0 Å². The summed E-state index contributed by atoms with van der Waals surface area (Å²) < 4.78 is 72.6. The summed E-state index contributed by atoms with van der Waals surface area (Å²) in [6.45, 7) is 0. The fourth-order valence-corrected chi connectivity index (χ4v) is 3.75. The fourth-order valence-electron chi connectivity index (χ4n) is 2.88. The van der Waals surface area contributed by atoms with E-state index in [1.54, 1.807) is 18.2 Å². The van der Waals surface area contributed by atoms with Crippen molar-refractivity contribution in [1.29, 1.82) is 0 Å². The van der Waals surface area contributed by atoms with Crippen molar-refractivity contribution >= 4 is 44.6 Å². The Morgan fingerprint density at radius 2 is 1.93 bits per heavy atom. The van der Waals surface area contributed by atoms with Crippen LogP contribution in [0.1, 0.15) is 36.0 Å². The van der Waals surface area contributed by atoms with E-state index in [2.05, 4.69) is 4.74 Å². The first-order chi connectivity index (χ1) is 12.5. The van der Waals surface area contributed by atoms with Gasteiger partial charge in [-0.15, -0.1) is 0 Å². The zero-order chi connectivity index (χ0) is 20.0. The number of ether oxygens (including phenoxy) is 3. The highest BCUT2D eigenvalue weighted by Crippen LogP contribution is 2.42. The average molecular weight is 518 g/mol. The Morgan fingerprint density at radius 1 is 1.30 bits per heavy atom. The number of carbonyl (C=O) groups excluding carboxylic acids is 2. The lowest BCUT2D eigenvalue weighted by molar-refractivity contribution is -0.196. The number of para-hydroxylation sites is 1. The van der Waals surface area contributed by atoms with Crippen molar-refractivity contribution in [3.63, 3.8) is 0 Å². The molecule has 1 aliphatic carbocycles. The Balaban J connectivity index is 1.69. The molecule has 148 valence electrons. The maximum absolute atomic E-state index is 13.3. The van der Waals surface area contributed by atoms with Crippen LogP contribution in [0.3, 0.4) is 0 Å². The minimum atomic E-state index is -5.93. The molecule has 1 spiro atoms. The molecule has 0 atom stereocenters. The summed E-state index contributed by atoms with van der Waals surface area (Å²) in [4.78, 5) is 23.6. The van der Waals surface area contributed by atoms with Gasteiger partial charge >= 0.3 is 27.3 Å². The molecule has 0 aromatic heterocycles. The van der Waals surface area contributed by atoms with Crippen LogP contribution in [-0.4, -0.2) is 42.1 Å². The number of hydrogen-bond acceptors (Lipinski definition) is 7. The molecule has 0 radical (unpaired) electrons. The van der Waals surface area contributed by atoms with Crippen LogP contribution in [-0.2, 0) is 24.4 Å². The Kier molecular flexibility index (Phi) is 5.10. The van der Waals surface area contributed by atoms with Crippen LogP contribution >= 0.6 is 22.6 Å². The maximum atomic E-state index is 13.3. The molecule has 8 nitrogen and oxygen atoms in total. The second-order valence-corrected chi connectivity index (χ2v) is 8.74. The largest absolute Gasteiger partial charge is 0.465 e. The molecule has 27 heavy (non-hydrogen) atoms. The second kappa shape index (κ2) is 6.81. The maximum Gasteiger partial charge on any atom is 0.465 e. The molecule has 1 aromatic rings. The van der Waals surface area contributed by atoms with Gasteiger partial charge in [-0.25, -0.2) is 9.59 Å². The van der Waals surface area contributed by atoms with Crippen LogP contribution in [0, 0.1) is 3.57 Å². The van der Waals surface area contributed by atoms with Crippen LogP contribution < -0.4 is 4.74 Å². The molecule has 1 aliphatic heterocycles. The van der Waals surface area contributed by atoms with E-state index in [1.807, 2.05) is 22.6 Å². The van der Waals surface area contributed by atoms with E-state index in [9.17, 15) is 26.8 Å². The second-order valence-electron chi connectivity index (χ2n) is 6.12. The molecule has 2 aliphatic rings. The molecule has 12 heteroatoms. The van der Waals surface area contributed by atoms with Crippen LogP contribution in [0.2, 0.25) is 0 Å². The van der Waals surface area contributed by atoms with E-state index in [0.717, 1.165) is 0 Å². The van der Waals surface area contributed by atoms with Gasteiger partial charge in [-0.3, -0.25) is 4.55 Å². The Labute approximate surface area is 166 Å². The molecule has 0 saturated heterocycles. The summed E-state index contributed by atoms with van der Waals surface area (Å²) in [6.07, 6.45) is -0.926. The third kappa shape index (κ3) is 3.74. The van der Waals surface area contributed by atoms with Crippen molar-refractivity contribution in [2.45, 2.75) is 42.8 Å². The van der Waals surface area contributed by atoms with E-state index < -0.39 is 39.2 Å². The lowest BCUT2D eigenvalue weighted by Gasteiger charge is -2.42. The molecular weight excluding hydrogens is 505 g/mol. The van der Waals surface area contributed by atoms with Gasteiger partial charge in [-0.05, 0) is 47.6 Å². The Bertz CT molecular complexity index is 893. The Morgan fingerprint density at radius 3 is 2.52 bits per heavy atom. The van der Waals surface area contributed by atoms with Gasteiger partial charge in [0.25, 0.3) is 5.79 Å². The van der Waals surface area contributed by atoms with Crippen LogP contribution in [0.15, 0.2) is 18.2 Å². The molecule has 1 fully saturated rings. The van der Waals surface area contributed by atoms with Crippen LogP contribution in [0.25, 0.3) is 0 Å². The van der Waals surface area contributed by atoms with E-state index in [-0.39, 0.29) is 31.2 Å². The quantitative estimate of drug-likeness (QED) is 0.369. The standard InChI is InChI=1S/C15H13F2IO8S/c16-15(17,27(21,22)23)13(20)24-8-4-6-14(7-5-8)25-11-9(12(19)26-14)2-1-3-10(11)18/h1-3,8H,4-7H2,(H,21,22,23). The number of hydrogen-bond donors (Lipinski definition) is 1. The van der Waals surface area contributed by atoms with Gasteiger partial charge in [0.15, 0.2) is 5.75 Å². The molecule has 3 rings (SSSR count). The third-order valence-electron chi connectivity index (χ3n) is 4.28. The first-order valence-corrected chi connectivity index (χ1v) is 10.2. The highest BCUT2D eigenvalue weighted by atomic mass is 127. The highest BCUT2D eigenvalue weighted by Gasteiger charge is 2.55. The highest BCUT2D eigenvalue weighted by molar-refractivity contribution is 14.1. The number of fused-ring (bicyclic) bond motifs is 1. The Hall–Kier alpha value is -1.54. The van der Waals surface area contributed by atoms with Gasteiger partial charge < -0.3 is 14.2 Å². The van der Waals surface area contributed by atoms with E-state index in [4.69, 9.17) is 14.0 Å². The number of carbonyl (C=O) groups is 2. The zero-order valence-electron chi connectivity index (χ0n) is 13.5. The zero-order valence-corrected chi connectivity index (χ0v) is 16.5. The minimum absolute atomic E-state index is 0.000672. The summed E-state index contributed by atoms with van der Waals surface area (Å²) in [5.74, 6) is -3.88. The van der Waals surface area contributed by atoms with E-state index in [0.29, 0.717) is 9.32 Å². The topological polar surface area (TPSA) is 116 Å². The normalized spacial score (nSPS) is 25.3. The molecule has 0 bridgehead atoms.